The second-order valence-electron chi connectivity index (χ2n) is 14.8. The predicted octanol–water partition coefficient (Wildman–Crippen LogP) is 13.0. The largest absolute Gasteiger partial charge is 0.310 e. The zero-order valence-corrected chi connectivity index (χ0v) is 28.8. The van der Waals surface area contributed by atoms with Crippen LogP contribution in [-0.4, -0.2) is 0 Å². The van der Waals surface area contributed by atoms with Gasteiger partial charge in [0.2, 0.25) is 0 Å². The van der Waals surface area contributed by atoms with Crippen LogP contribution in [0.4, 0.5) is 34.1 Å². The third-order valence-electron chi connectivity index (χ3n) is 11.1. The quantitative estimate of drug-likeness (QED) is 0.190. The Morgan fingerprint density at radius 2 is 1.02 bits per heavy atom. The zero-order chi connectivity index (χ0) is 33.5. The average molecular weight is 633 g/mol. The average Bonchev–Trinajstić information content (AvgIpc) is 3.12. The van der Waals surface area contributed by atoms with Crippen LogP contribution in [0, 0.1) is 6.92 Å². The van der Waals surface area contributed by atoms with Gasteiger partial charge in [0.05, 0.1) is 17.1 Å². The summed E-state index contributed by atoms with van der Waals surface area (Å²) in [5.74, 6) is 0. The van der Waals surface area contributed by atoms with E-state index in [2.05, 4.69) is 196 Å². The number of aryl methyl sites for hydroxylation is 1. The SMILES string of the molecule is Cc1ccc(N(c2ccc(-c3cccc4ccccc34)cc2)c2ccc3c(c2)C(C)(C)c2cccc4c2N3c2ccccc2C4(C)C)cc1. The lowest BCUT2D eigenvalue weighted by Crippen LogP contribution is -2.38. The fourth-order valence-electron chi connectivity index (χ4n) is 8.42. The van der Waals surface area contributed by atoms with Gasteiger partial charge in [0, 0.05) is 27.9 Å². The Hall–Kier alpha value is -5.60. The summed E-state index contributed by atoms with van der Waals surface area (Å²) in [5.41, 5.74) is 16.2. The number of benzene rings is 7. The Morgan fingerprint density at radius 3 is 1.78 bits per heavy atom. The highest BCUT2D eigenvalue weighted by molar-refractivity contribution is 5.97. The van der Waals surface area contributed by atoms with Crippen molar-refractivity contribution in [3.8, 4) is 11.1 Å². The maximum absolute atomic E-state index is 2.53. The van der Waals surface area contributed by atoms with Crippen molar-refractivity contribution in [3.63, 3.8) is 0 Å². The number of rotatable bonds is 4. The molecule has 0 unspecified atom stereocenters. The van der Waals surface area contributed by atoms with Crippen molar-refractivity contribution in [3.05, 3.63) is 179 Å². The van der Waals surface area contributed by atoms with E-state index in [1.54, 1.807) is 0 Å². The first-order valence-corrected chi connectivity index (χ1v) is 17.4. The Kier molecular flexibility index (Phi) is 6.45. The lowest BCUT2D eigenvalue weighted by molar-refractivity contribution is 0.597. The van der Waals surface area contributed by atoms with Crippen molar-refractivity contribution in [2.24, 2.45) is 0 Å². The number of para-hydroxylation sites is 2. The first kappa shape index (κ1) is 29.5. The molecule has 0 aliphatic carbocycles. The summed E-state index contributed by atoms with van der Waals surface area (Å²) >= 11 is 0. The van der Waals surface area contributed by atoms with E-state index in [1.807, 2.05) is 0 Å². The van der Waals surface area contributed by atoms with Crippen LogP contribution in [-0.2, 0) is 10.8 Å². The molecular formula is C47H40N2. The van der Waals surface area contributed by atoms with Crippen molar-refractivity contribution in [2.75, 3.05) is 9.80 Å². The number of fused-ring (bicyclic) bond motifs is 5. The molecular weight excluding hydrogens is 593 g/mol. The lowest BCUT2D eigenvalue weighted by Gasteiger charge is -2.49. The van der Waals surface area contributed by atoms with Crippen LogP contribution >= 0.6 is 0 Å². The molecule has 0 fully saturated rings. The summed E-state index contributed by atoms with van der Waals surface area (Å²) in [7, 11) is 0. The van der Waals surface area contributed by atoms with E-state index >= 15 is 0 Å². The Morgan fingerprint density at radius 1 is 0.469 bits per heavy atom. The molecule has 9 rings (SSSR count). The van der Waals surface area contributed by atoms with Gasteiger partial charge < -0.3 is 9.80 Å². The van der Waals surface area contributed by atoms with E-state index in [1.165, 1.54) is 66.8 Å². The molecule has 2 aliphatic heterocycles. The lowest BCUT2D eigenvalue weighted by atomic mass is 9.66. The Bertz CT molecular complexity index is 2390. The second kappa shape index (κ2) is 10.7. The second-order valence-corrected chi connectivity index (χ2v) is 14.8. The molecule has 2 heterocycles. The third-order valence-corrected chi connectivity index (χ3v) is 11.1. The van der Waals surface area contributed by atoms with Gasteiger partial charge in [0.15, 0.2) is 0 Å². The fraction of sp³-hybridized carbons (Fsp3) is 0.149. The monoisotopic (exact) mass is 632 g/mol. The van der Waals surface area contributed by atoms with Crippen molar-refractivity contribution < 1.29 is 0 Å². The van der Waals surface area contributed by atoms with Gasteiger partial charge in [-0.25, -0.2) is 0 Å². The summed E-state index contributed by atoms with van der Waals surface area (Å²) in [6.07, 6.45) is 0. The summed E-state index contributed by atoms with van der Waals surface area (Å²) < 4.78 is 0. The number of hydrogen-bond acceptors (Lipinski definition) is 2. The highest BCUT2D eigenvalue weighted by Crippen LogP contribution is 2.60. The van der Waals surface area contributed by atoms with Crippen LogP contribution in [0.15, 0.2) is 152 Å². The van der Waals surface area contributed by atoms with E-state index in [0.29, 0.717) is 0 Å². The van der Waals surface area contributed by atoms with E-state index < -0.39 is 0 Å². The topological polar surface area (TPSA) is 6.48 Å². The molecule has 0 amide bonds. The molecule has 238 valence electrons. The Balaban J connectivity index is 1.21. The first-order valence-electron chi connectivity index (χ1n) is 17.4. The molecule has 2 aliphatic rings. The molecule has 0 bridgehead atoms. The van der Waals surface area contributed by atoms with E-state index in [9.17, 15) is 0 Å². The van der Waals surface area contributed by atoms with Crippen molar-refractivity contribution in [1.29, 1.82) is 0 Å². The zero-order valence-electron chi connectivity index (χ0n) is 28.8. The smallest absolute Gasteiger partial charge is 0.0543 e. The number of hydrogen-bond donors (Lipinski definition) is 0. The molecule has 2 nitrogen and oxygen atoms in total. The summed E-state index contributed by atoms with van der Waals surface area (Å²) in [4.78, 5) is 4.94. The van der Waals surface area contributed by atoms with Crippen molar-refractivity contribution in [2.45, 2.75) is 45.4 Å². The van der Waals surface area contributed by atoms with Gasteiger partial charge in [-0.3, -0.25) is 0 Å². The van der Waals surface area contributed by atoms with Crippen LogP contribution in [0.1, 0.15) is 55.5 Å². The Labute approximate surface area is 289 Å². The van der Waals surface area contributed by atoms with E-state index in [-0.39, 0.29) is 10.8 Å². The molecule has 0 saturated carbocycles. The minimum atomic E-state index is -0.202. The van der Waals surface area contributed by atoms with Gasteiger partial charge >= 0.3 is 0 Å². The van der Waals surface area contributed by atoms with E-state index in [4.69, 9.17) is 0 Å². The third kappa shape index (κ3) is 4.40. The van der Waals surface area contributed by atoms with Crippen LogP contribution < -0.4 is 9.80 Å². The molecule has 0 atom stereocenters. The van der Waals surface area contributed by atoms with Crippen molar-refractivity contribution in [1.82, 2.24) is 0 Å². The molecule has 7 aromatic rings. The normalized spacial score (nSPS) is 14.9. The summed E-state index contributed by atoms with van der Waals surface area (Å²) in [5, 5.41) is 2.53. The van der Waals surface area contributed by atoms with Crippen LogP contribution in [0.3, 0.4) is 0 Å². The standard InChI is InChI=1S/C47H40N2/c1-31-20-24-34(25-21-31)48(35-26-22-33(23-27-35)38-15-10-13-32-12-6-7-14-37(32)38)36-28-29-44-42(30-36)47(4,5)41-18-11-17-40-45(41)49(44)43-19-9-8-16-39(43)46(40,2)3/h6-30H,1-5H3. The van der Waals surface area contributed by atoms with Crippen LogP contribution in [0.5, 0.6) is 0 Å². The van der Waals surface area contributed by atoms with Gasteiger partial charge in [-0.05, 0) is 99.6 Å². The van der Waals surface area contributed by atoms with Crippen molar-refractivity contribution >= 4 is 44.9 Å². The maximum atomic E-state index is 2.53. The highest BCUT2D eigenvalue weighted by Gasteiger charge is 2.45. The molecule has 49 heavy (non-hydrogen) atoms. The molecule has 0 saturated heterocycles. The summed E-state index contributed by atoms with van der Waals surface area (Å²) in [6.45, 7) is 11.7. The highest BCUT2D eigenvalue weighted by atomic mass is 15.2. The van der Waals surface area contributed by atoms with Gasteiger partial charge in [0.1, 0.15) is 0 Å². The molecule has 7 aromatic carbocycles. The molecule has 0 N–H and O–H groups in total. The number of anilines is 6. The minimum absolute atomic E-state index is 0.0909. The predicted molar refractivity (Wildman–Crippen MR) is 208 cm³/mol. The fourth-order valence-corrected chi connectivity index (χ4v) is 8.42. The van der Waals surface area contributed by atoms with Crippen LogP contribution in [0.2, 0.25) is 0 Å². The number of nitrogens with zero attached hydrogens (tertiary/aromatic N) is 2. The maximum Gasteiger partial charge on any atom is 0.0543 e. The molecule has 0 spiro atoms. The molecule has 0 aromatic heterocycles. The summed E-state index contributed by atoms with van der Waals surface area (Å²) in [6, 6.07) is 56.2. The van der Waals surface area contributed by atoms with Crippen LogP contribution in [0.25, 0.3) is 21.9 Å². The van der Waals surface area contributed by atoms with Gasteiger partial charge in [-0.2, -0.15) is 0 Å². The molecule has 0 radical (unpaired) electrons. The molecule has 2 heteroatoms. The van der Waals surface area contributed by atoms with Gasteiger partial charge in [-0.1, -0.05) is 136 Å². The minimum Gasteiger partial charge on any atom is -0.310 e. The van der Waals surface area contributed by atoms with Gasteiger partial charge in [-0.15, -0.1) is 0 Å². The first-order chi connectivity index (χ1) is 23.7. The van der Waals surface area contributed by atoms with Gasteiger partial charge in [0.25, 0.3) is 0 Å². The van der Waals surface area contributed by atoms with E-state index in [0.717, 1.165) is 17.1 Å².